The Bertz CT molecular complexity index is 836. The van der Waals surface area contributed by atoms with Crippen molar-refractivity contribution in [3.8, 4) is 0 Å². The van der Waals surface area contributed by atoms with Gasteiger partial charge in [-0.05, 0) is 25.1 Å². The molecule has 0 saturated carbocycles. The number of anilines is 1. The van der Waals surface area contributed by atoms with Crippen molar-refractivity contribution in [3.63, 3.8) is 0 Å². The summed E-state index contributed by atoms with van der Waals surface area (Å²) in [6.45, 7) is 5.21. The van der Waals surface area contributed by atoms with Gasteiger partial charge in [0.05, 0.1) is 17.0 Å². The lowest BCUT2D eigenvalue weighted by Gasteiger charge is -2.45. The molecule has 11 heteroatoms. The molecule has 0 radical (unpaired) electrons. The summed E-state index contributed by atoms with van der Waals surface area (Å²) in [5.74, 6) is -0.697. The van der Waals surface area contributed by atoms with Gasteiger partial charge in [0.15, 0.2) is 0 Å². The van der Waals surface area contributed by atoms with E-state index in [9.17, 15) is 18.8 Å². The molecule has 0 unspecified atom stereocenters. The summed E-state index contributed by atoms with van der Waals surface area (Å²) in [4.78, 5) is 44.2. The molecule has 1 aliphatic heterocycles. The molecule has 2 rings (SSSR count). The van der Waals surface area contributed by atoms with Gasteiger partial charge in [0.2, 0.25) is 0 Å². The van der Waals surface area contributed by atoms with Gasteiger partial charge in [0.25, 0.3) is 0 Å². The summed E-state index contributed by atoms with van der Waals surface area (Å²) in [5, 5.41) is 1.16. The maximum atomic E-state index is 14.5. The number of hydrogen-bond donors (Lipinski definition) is 1. The molecule has 0 bridgehead atoms. The van der Waals surface area contributed by atoms with Gasteiger partial charge < -0.3 is 9.57 Å². The quantitative estimate of drug-likeness (QED) is 0.138. The molecule has 1 fully saturated rings. The molecule has 0 atom stereocenters. The highest BCUT2D eigenvalue weighted by Gasteiger charge is 2.50. The van der Waals surface area contributed by atoms with E-state index < -0.39 is 23.3 Å². The summed E-state index contributed by atoms with van der Waals surface area (Å²) in [6, 6.07) is 3.80. The Balaban J connectivity index is 2.17. The van der Waals surface area contributed by atoms with Crippen molar-refractivity contribution >= 4 is 42.1 Å². The van der Waals surface area contributed by atoms with Crippen molar-refractivity contribution in [2.75, 3.05) is 32.2 Å². The second-order valence-corrected chi connectivity index (χ2v) is 6.68. The highest BCUT2D eigenvalue weighted by molar-refractivity contribution is 7.81. The molecule has 0 spiro atoms. The van der Waals surface area contributed by atoms with Gasteiger partial charge in [-0.1, -0.05) is 36.5 Å². The summed E-state index contributed by atoms with van der Waals surface area (Å²) in [5.41, 5.74) is 0.599. The van der Waals surface area contributed by atoms with Crippen molar-refractivity contribution in [2.45, 2.75) is 12.2 Å². The van der Waals surface area contributed by atoms with Crippen molar-refractivity contribution < 1.29 is 28.3 Å². The van der Waals surface area contributed by atoms with Crippen molar-refractivity contribution in [3.05, 3.63) is 42.5 Å². The number of ether oxygens (including phenoxy) is 1. The third kappa shape index (κ3) is 4.67. The number of halogens is 1. The van der Waals surface area contributed by atoms with Crippen LogP contribution in [0, 0.1) is 0 Å². The van der Waals surface area contributed by atoms with Crippen molar-refractivity contribution in [2.24, 2.45) is 5.16 Å². The van der Waals surface area contributed by atoms with E-state index in [4.69, 9.17) is 9.57 Å². The maximum absolute atomic E-state index is 14.5. The molecule has 1 saturated heterocycles. The lowest BCUT2D eigenvalue weighted by Crippen LogP contribution is -2.67. The first-order chi connectivity index (χ1) is 13.6. The van der Waals surface area contributed by atoms with Gasteiger partial charge in [-0.25, -0.2) is 19.3 Å². The summed E-state index contributed by atoms with van der Waals surface area (Å²) >= 11 is 3.73. The summed E-state index contributed by atoms with van der Waals surface area (Å²) in [6.07, 6.45) is 1.52. The molecule has 0 aliphatic carbocycles. The van der Waals surface area contributed by atoms with Crippen LogP contribution in [0.3, 0.4) is 0 Å². The number of hydrogen-bond acceptors (Lipinski definition) is 7. The van der Waals surface area contributed by atoms with Crippen molar-refractivity contribution in [1.82, 2.24) is 9.80 Å². The molecule has 1 aromatic carbocycles. The Labute approximate surface area is 172 Å². The number of oxime groups is 1. The van der Waals surface area contributed by atoms with Gasteiger partial charge in [-0.3, -0.25) is 9.80 Å². The molecule has 1 heterocycles. The van der Waals surface area contributed by atoms with Crippen LogP contribution in [0.5, 0.6) is 0 Å². The van der Waals surface area contributed by atoms with E-state index in [2.05, 4.69) is 24.4 Å². The minimum absolute atomic E-state index is 0.0803. The fraction of sp³-hybridized carbons (Fsp3) is 0.333. The number of carbonyl (C=O) groups excluding carboxylic acids is 3. The zero-order chi connectivity index (χ0) is 21.8. The highest BCUT2D eigenvalue weighted by Crippen LogP contribution is 2.33. The maximum Gasteiger partial charge on any atom is 0.338 e. The zero-order valence-corrected chi connectivity index (χ0v) is 17.1. The van der Waals surface area contributed by atoms with Crippen LogP contribution in [0.2, 0.25) is 0 Å². The molecule has 1 aliphatic rings. The minimum Gasteiger partial charge on any atom is -0.456 e. The number of urea groups is 2. The van der Waals surface area contributed by atoms with E-state index >= 15 is 0 Å². The second kappa shape index (κ2) is 8.95. The Kier molecular flexibility index (Phi) is 6.85. The fourth-order valence-corrected chi connectivity index (χ4v) is 2.49. The van der Waals surface area contributed by atoms with Gasteiger partial charge in [0, 0.05) is 14.1 Å². The molecule has 0 aromatic heterocycles. The summed E-state index contributed by atoms with van der Waals surface area (Å²) < 4.78 is 19.6. The van der Waals surface area contributed by atoms with E-state index in [-0.39, 0.29) is 24.5 Å². The van der Waals surface area contributed by atoms with E-state index in [1.165, 1.54) is 44.4 Å². The predicted octanol–water partition coefficient (Wildman–Crippen LogP) is 2.86. The molecule has 29 heavy (non-hydrogen) atoms. The largest absolute Gasteiger partial charge is 0.456 e. The summed E-state index contributed by atoms with van der Waals surface area (Å²) in [7, 11) is 2.33. The first-order valence-corrected chi connectivity index (χ1v) is 8.86. The standard InChI is InChI=1S/C18H21FN4O5S/c1-5-9-28-20-12(2)11-27-15(24)13-7-6-8-14(10-13)23-16(25)21(3)18(19,29)22(4)17(23)26/h5-8,10,29H,1,9,11H2,2-4H3. The zero-order valence-electron chi connectivity index (χ0n) is 16.2. The molecular formula is C18H21FN4O5S. The van der Waals surface area contributed by atoms with Crippen LogP contribution in [0.25, 0.3) is 0 Å². The van der Waals surface area contributed by atoms with E-state index in [0.29, 0.717) is 15.5 Å². The lowest BCUT2D eigenvalue weighted by atomic mass is 10.2. The number of rotatable bonds is 7. The molecule has 156 valence electrons. The first-order valence-electron chi connectivity index (χ1n) is 8.41. The number of nitrogens with zero attached hydrogens (tertiary/aromatic N) is 4. The average molecular weight is 424 g/mol. The monoisotopic (exact) mass is 424 g/mol. The number of carbonyl (C=O) groups is 3. The third-order valence-electron chi connectivity index (χ3n) is 3.97. The van der Waals surface area contributed by atoms with Crippen LogP contribution in [0.4, 0.5) is 19.7 Å². The molecular weight excluding hydrogens is 403 g/mol. The van der Waals surface area contributed by atoms with Gasteiger partial charge in [-0.15, -0.1) is 0 Å². The van der Waals surface area contributed by atoms with E-state index in [1.54, 1.807) is 6.92 Å². The van der Waals surface area contributed by atoms with E-state index in [0.717, 1.165) is 4.90 Å². The Morgan fingerprint density at radius 3 is 2.52 bits per heavy atom. The number of alkyl halides is 1. The first kappa shape index (κ1) is 22.2. The van der Waals surface area contributed by atoms with Crippen LogP contribution in [0.15, 0.2) is 42.1 Å². The van der Waals surface area contributed by atoms with E-state index in [1.807, 2.05) is 0 Å². The van der Waals surface area contributed by atoms with Crippen molar-refractivity contribution in [1.29, 1.82) is 0 Å². The van der Waals surface area contributed by atoms with Crippen LogP contribution in [-0.2, 0) is 9.57 Å². The van der Waals surface area contributed by atoms with Gasteiger partial charge in [0.1, 0.15) is 13.2 Å². The SMILES string of the molecule is C=CCON=C(C)COC(=O)c1cccc(N2C(=O)N(C)C(F)(S)N(C)C2=O)c1. The Morgan fingerprint density at radius 2 is 1.93 bits per heavy atom. The second-order valence-electron chi connectivity index (χ2n) is 6.11. The average Bonchev–Trinajstić information content (AvgIpc) is 2.70. The normalized spacial score (nSPS) is 16.7. The van der Waals surface area contributed by atoms with Crippen LogP contribution < -0.4 is 4.90 Å². The smallest absolute Gasteiger partial charge is 0.338 e. The topological polar surface area (TPSA) is 91.8 Å². The minimum atomic E-state index is -2.58. The van der Waals surface area contributed by atoms with Crippen LogP contribution >= 0.6 is 12.6 Å². The Morgan fingerprint density at radius 1 is 1.31 bits per heavy atom. The third-order valence-corrected chi connectivity index (χ3v) is 4.57. The molecule has 0 N–H and O–H groups in total. The Hall–Kier alpha value is -3.08. The predicted molar refractivity (Wildman–Crippen MR) is 108 cm³/mol. The number of esters is 1. The number of amides is 4. The molecule has 4 amide bonds. The molecule has 1 aromatic rings. The van der Waals surface area contributed by atoms with Crippen LogP contribution in [0.1, 0.15) is 17.3 Å². The molecule has 9 nitrogen and oxygen atoms in total. The van der Waals surface area contributed by atoms with Crippen LogP contribution in [-0.4, -0.2) is 66.1 Å². The fourth-order valence-electron chi connectivity index (χ4n) is 2.32. The highest BCUT2D eigenvalue weighted by atomic mass is 32.1. The van der Waals surface area contributed by atoms with Gasteiger partial charge in [-0.2, -0.15) is 4.39 Å². The lowest BCUT2D eigenvalue weighted by molar-refractivity contribution is -0.0134. The number of imide groups is 1. The number of thiol groups is 1. The number of benzene rings is 1. The van der Waals surface area contributed by atoms with Gasteiger partial charge >= 0.3 is 23.3 Å².